The topological polar surface area (TPSA) is 54.0 Å². The van der Waals surface area contributed by atoms with E-state index in [1.54, 1.807) is 6.20 Å². The Hall–Kier alpha value is -1.94. The van der Waals surface area contributed by atoms with E-state index in [4.69, 9.17) is 0 Å². The van der Waals surface area contributed by atoms with Crippen LogP contribution in [0.5, 0.6) is 0 Å². The summed E-state index contributed by atoms with van der Waals surface area (Å²) in [5.74, 6) is 0.0342. The molecule has 0 spiro atoms. The molecule has 0 radical (unpaired) electrons. The number of rotatable bonds is 6. The van der Waals surface area contributed by atoms with Crippen LogP contribution >= 0.6 is 0 Å². The summed E-state index contributed by atoms with van der Waals surface area (Å²) in [6.45, 7) is 5.05. The highest BCUT2D eigenvalue weighted by atomic mass is 16.1. The number of fused-ring (bicyclic) bond motifs is 1. The average molecular weight is 271 g/mol. The number of carbonyl (C=O) groups is 1. The molecule has 0 aliphatic heterocycles. The van der Waals surface area contributed by atoms with Crippen molar-refractivity contribution >= 4 is 16.8 Å². The van der Waals surface area contributed by atoms with E-state index in [2.05, 4.69) is 33.8 Å². The lowest BCUT2D eigenvalue weighted by atomic mass is 10.1. The Morgan fingerprint density at radius 1 is 1.25 bits per heavy atom. The maximum Gasteiger partial charge on any atom is 0.233 e. The minimum absolute atomic E-state index is 0.0342. The van der Waals surface area contributed by atoms with Crippen LogP contribution in [0.2, 0.25) is 0 Å². The molecule has 2 rings (SSSR count). The quantitative estimate of drug-likeness (QED) is 0.843. The maximum absolute atomic E-state index is 11.6. The van der Waals surface area contributed by atoms with E-state index >= 15 is 0 Å². The van der Waals surface area contributed by atoms with E-state index in [1.165, 1.54) is 5.56 Å². The van der Waals surface area contributed by atoms with Gasteiger partial charge in [0, 0.05) is 24.2 Å². The van der Waals surface area contributed by atoms with Crippen molar-refractivity contribution in [1.29, 1.82) is 0 Å². The van der Waals surface area contributed by atoms with E-state index in [0.29, 0.717) is 19.1 Å². The van der Waals surface area contributed by atoms with Crippen LogP contribution in [-0.4, -0.2) is 30.0 Å². The second-order valence-corrected chi connectivity index (χ2v) is 5.13. The fraction of sp³-hybridized carbons (Fsp3) is 0.375. The van der Waals surface area contributed by atoms with Crippen molar-refractivity contribution in [3.05, 3.63) is 42.1 Å². The number of pyridine rings is 1. The standard InChI is InChI=1S/C16H21N3O/c1-12(2)19-11-15(20)17-10-8-14-6-3-5-13-7-4-9-18-16(13)14/h3-7,9,12,19H,8,10-11H2,1-2H3,(H,17,20). The molecule has 0 aliphatic carbocycles. The molecule has 0 atom stereocenters. The fourth-order valence-electron chi connectivity index (χ4n) is 2.07. The Kier molecular flexibility index (Phi) is 5.07. The third-order valence-corrected chi connectivity index (χ3v) is 3.10. The first-order chi connectivity index (χ1) is 9.66. The monoisotopic (exact) mass is 271 g/mol. The molecule has 2 aromatic rings. The first-order valence-electron chi connectivity index (χ1n) is 6.99. The van der Waals surface area contributed by atoms with Gasteiger partial charge in [0.05, 0.1) is 12.1 Å². The highest BCUT2D eigenvalue weighted by Gasteiger charge is 2.04. The molecule has 4 nitrogen and oxygen atoms in total. The highest BCUT2D eigenvalue weighted by Crippen LogP contribution is 2.15. The lowest BCUT2D eigenvalue weighted by Crippen LogP contribution is -2.37. The Bertz CT molecular complexity index is 575. The van der Waals surface area contributed by atoms with Crippen molar-refractivity contribution in [1.82, 2.24) is 15.6 Å². The van der Waals surface area contributed by atoms with Crippen LogP contribution < -0.4 is 10.6 Å². The minimum Gasteiger partial charge on any atom is -0.355 e. The smallest absolute Gasteiger partial charge is 0.233 e. The molecule has 0 unspecified atom stereocenters. The van der Waals surface area contributed by atoms with Gasteiger partial charge in [-0.05, 0) is 18.1 Å². The second kappa shape index (κ2) is 7.01. The molecule has 0 bridgehead atoms. The molecule has 1 heterocycles. The van der Waals surface area contributed by atoms with Gasteiger partial charge in [-0.2, -0.15) is 0 Å². The van der Waals surface area contributed by atoms with Gasteiger partial charge >= 0.3 is 0 Å². The number of nitrogens with zero attached hydrogens (tertiary/aromatic N) is 1. The van der Waals surface area contributed by atoms with E-state index in [-0.39, 0.29) is 5.91 Å². The Labute approximate surface area is 119 Å². The third kappa shape index (κ3) is 4.03. The number of nitrogens with one attached hydrogen (secondary N) is 2. The molecule has 0 saturated carbocycles. The van der Waals surface area contributed by atoms with Gasteiger partial charge in [-0.15, -0.1) is 0 Å². The van der Waals surface area contributed by atoms with Gasteiger partial charge in [0.1, 0.15) is 0 Å². The van der Waals surface area contributed by atoms with Crippen molar-refractivity contribution in [3.8, 4) is 0 Å². The van der Waals surface area contributed by atoms with Gasteiger partial charge in [-0.3, -0.25) is 9.78 Å². The third-order valence-electron chi connectivity index (χ3n) is 3.10. The van der Waals surface area contributed by atoms with Gasteiger partial charge in [0.25, 0.3) is 0 Å². The number of hydrogen-bond acceptors (Lipinski definition) is 3. The molecule has 20 heavy (non-hydrogen) atoms. The zero-order chi connectivity index (χ0) is 14.4. The lowest BCUT2D eigenvalue weighted by molar-refractivity contribution is -0.120. The normalized spacial score (nSPS) is 10.9. The largest absolute Gasteiger partial charge is 0.355 e. The van der Waals surface area contributed by atoms with E-state index in [9.17, 15) is 4.79 Å². The van der Waals surface area contributed by atoms with Crippen LogP contribution in [0.3, 0.4) is 0 Å². The summed E-state index contributed by atoms with van der Waals surface area (Å²) in [7, 11) is 0. The Morgan fingerprint density at radius 3 is 2.85 bits per heavy atom. The van der Waals surface area contributed by atoms with E-state index < -0.39 is 0 Å². The number of aromatic nitrogens is 1. The van der Waals surface area contributed by atoms with Crippen LogP contribution in [0.25, 0.3) is 10.9 Å². The van der Waals surface area contributed by atoms with Crippen LogP contribution in [0.4, 0.5) is 0 Å². The van der Waals surface area contributed by atoms with Gasteiger partial charge in [0.15, 0.2) is 0 Å². The molecule has 1 amide bonds. The summed E-state index contributed by atoms with van der Waals surface area (Å²) < 4.78 is 0. The van der Waals surface area contributed by atoms with Gasteiger partial charge < -0.3 is 10.6 Å². The maximum atomic E-state index is 11.6. The predicted octanol–water partition coefficient (Wildman–Crippen LogP) is 1.89. The molecule has 2 N–H and O–H groups in total. The zero-order valence-corrected chi connectivity index (χ0v) is 12.0. The number of benzene rings is 1. The molecule has 0 aliphatic rings. The Balaban J connectivity index is 1.88. The summed E-state index contributed by atoms with van der Waals surface area (Å²) >= 11 is 0. The van der Waals surface area contributed by atoms with Crippen molar-refractivity contribution in [2.75, 3.05) is 13.1 Å². The SMILES string of the molecule is CC(C)NCC(=O)NCCc1cccc2cccnc12. The number of carbonyl (C=O) groups excluding carboxylic acids is 1. The molecule has 0 saturated heterocycles. The summed E-state index contributed by atoms with van der Waals surface area (Å²) in [6.07, 6.45) is 2.60. The molecule has 4 heteroatoms. The van der Waals surface area contributed by atoms with Crippen LogP contribution in [0, 0.1) is 0 Å². The minimum atomic E-state index is 0.0342. The fourth-order valence-corrected chi connectivity index (χ4v) is 2.07. The van der Waals surface area contributed by atoms with Crippen molar-refractivity contribution in [2.45, 2.75) is 26.3 Å². The molecule has 0 fully saturated rings. The molecular formula is C16H21N3O. The average Bonchev–Trinajstić information content (AvgIpc) is 2.45. The van der Waals surface area contributed by atoms with Crippen molar-refractivity contribution in [2.24, 2.45) is 0 Å². The van der Waals surface area contributed by atoms with Crippen LogP contribution in [-0.2, 0) is 11.2 Å². The van der Waals surface area contributed by atoms with Crippen LogP contribution in [0.15, 0.2) is 36.5 Å². The first kappa shape index (κ1) is 14.5. The number of hydrogen-bond donors (Lipinski definition) is 2. The van der Waals surface area contributed by atoms with Gasteiger partial charge in [-0.25, -0.2) is 0 Å². The number of amides is 1. The van der Waals surface area contributed by atoms with E-state index in [0.717, 1.165) is 17.3 Å². The van der Waals surface area contributed by atoms with E-state index in [1.807, 2.05) is 26.0 Å². The van der Waals surface area contributed by atoms with Crippen molar-refractivity contribution < 1.29 is 4.79 Å². The van der Waals surface area contributed by atoms with Crippen LogP contribution in [0.1, 0.15) is 19.4 Å². The molecule has 1 aromatic heterocycles. The van der Waals surface area contributed by atoms with Crippen molar-refractivity contribution in [3.63, 3.8) is 0 Å². The predicted molar refractivity (Wildman–Crippen MR) is 81.6 cm³/mol. The summed E-state index contributed by atoms with van der Waals surface area (Å²) in [5.41, 5.74) is 2.18. The molecule has 106 valence electrons. The summed E-state index contributed by atoms with van der Waals surface area (Å²) in [6, 6.07) is 10.5. The highest BCUT2D eigenvalue weighted by molar-refractivity contribution is 5.81. The van der Waals surface area contributed by atoms with Gasteiger partial charge in [-0.1, -0.05) is 38.1 Å². The molecular weight excluding hydrogens is 250 g/mol. The first-order valence-corrected chi connectivity index (χ1v) is 6.99. The Morgan fingerprint density at radius 2 is 2.05 bits per heavy atom. The zero-order valence-electron chi connectivity index (χ0n) is 12.0. The molecule has 1 aromatic carbocycles. The lowest BCUT2D eigenvalue weighted by Gasteiger charge is -2.09. The number of para-hydroxylation sites is 1. The second-order valence-electron chi connectivity index (χ2n) is 5.13. The summed E-state index contributed by atoms with van der Waals surface area (Å²) in [5, 5.41) is 7.16. The summed E-state index contributed by atoms with van der Waals surface area (Å²) in [4.78, 5) is 16.0. The van der Waals surface area contributed by atoms with Gasteiger partial charge in [0.2, 0.25) is 5.91 Å².